The summed E-state index contributed by atoms with van der Waals surface area (Å²) < 4.78 is 25.6. The van der Waals surface area contributed by atoms with Gasteiger partial charge in [-0.3, -0.25) is 14.0 Å². The second-order valence-electron chi connectivity index (χ2n) is 8.48. The van der Waals surface area contributed by atoms with E-state index in [0.29, 0.717) is 24.2 Å². The van der Waals surface area contributed by atoms with Crippen molar-refractivity contribution < 1.29 is 13.2 Å². The van der Waals surface area contributed by atoms with Crippen LogP contribution in [0.25, 0.3) is 0 Å². The number of sulfonamides is 1. The molecule has 2 aromatic carbocycles. The molecule has 0 bridgehead atoms. The minimum Gasteiger partial charge on any atom is -0.369 e. The van der Waals surface area contributed by atoms with Gasteiger partial charge in [0, 0.05) is 43.5 Å². The molecular formula is C23H29N3O3S. The Morgan fingerprint density at radius 2 is 1.80 bits per heavy atom. The summed E-state index contributed by atoms with van der Waals surface area (Å²) in [5.74, 6) is 0.0901. The predicted octanol–water partition coefficient (Wildman–Crippen LogP) is 2.71. The standard InChI is InChI=1S/C23H29N3O3S/c1-17-5-4-6-21(13-17)25-11-9-24(10-12-25)16-23(27)19-7-8-22-20(15-19)14-18(2)26(22)30(3,28)29/h4-8,13,15,18H,9-12,14,16H2,1-3H3. The van der Waals surface area contributed by atoms with Crippen LogP contribution in [0.2, 0.25) is 0 Å². The molecule has 0 aliphatic carbocycles. The first-order chi connectivity index (χ1) is 14.2. The first-order valence-corrected chi connectivity index (χ1v) is 12.3. The fourth-order valence-corrected chi connectivity index (χ4v) is 5.83. The molecular weight excluding hydrogens is 398 g/mol. The fourth-order valence-electron chi connectivity index (χ4n) is 4.56. The third-order valence-corrected chi connectivity index (χ3v) is 7.29. The van der Waals surface area contributed by atoms with E-state index in [0.717, 1.165) is 31.7 Å². The quantitative estimate of drug-likeness (QED) is 0.687. The summed E-state index contributed by atoms with van der Waals surface area (Å²) in [5, 5.41) is 0. The summed E-state index contributed by atoms with van der Waals surface area (Å²) in [6.07, 6.45) is 1.87. The van der Waals surface area contributed by atoms with Gasteiger partial charge >= 0.3 is 0 Å². The molecule has 160 valence electrons. The number of Topliss-reactive ketones (excluding diaryl/α,β-unsaturated/α-hetero) is 1. The van der Waals surface area contributed by atoms with Gasteiger partial charge in [-0.25, -0.2) is 8.42 Å². The molecule has 0 N–H and O–H groups in total. The van der Waals surface area contributed by atoms with E-state index in [1.807, 2.05) is 13.0 Å². The van der Waals surface area contributed by atoms with E-state index in [4.69, 9.17) is 0 Å². The maximum atomic E-state index is 12.9. The number of piperazine rings is 1. The Morgan fingerprint density at radius 1 is 1.07 bits per heavy atom. The zero-order chi connectivity index (χ0) is 21.5. The number of nitrogens with zero attached hydrogens (tertiary/aromatic N) is 3. The Kier molecular flexibility index (Phi) is 5.59. The number of anilines is 2. The van der Waals surface area contributed by atoms with Gasteiger partial charge in [-0.15, -0.1) is 0 Å². The lowest BCUT2D eigenvalue weighted by molar-refractivity contribution is 0.0926. The highest BCUT2D eigenvalue weighted by Crippen LogP contribution is 2.34. The number of carbonyl (C=O) groups is 1. The van der Waals surface area contributed by atoms with Crippen LogP contribution in [-0.2, 0) is 16.4 Å². The lowest BCUT2D eigenvalue weighted by Crippen LogP contribution is -2.48. The summed E-state index contributed by atoms with van der Waals surface area (Å²) in [6, 6.07) is 13.8. The Balaban J connectivity index is 1.39. The molecule has 1 atom stereocenters. The van der Waals surface area contributed by atoms with Gasteiger partial charge < -0.3 is 4.90 Å². The SMILES string of the molecule is Cc1cccc(N2CCN(CC(=O)c3ccc4c(c3)CC(C)N4S(C)(=O)=O)CC2)c1. The summed E-state index contributed by atoms with van der Waals surface area (Å²) in [4.78, 5) is 17.4. The van der Waals surface area contributed by atoms with Crippen molar-refractivity contribution in [1.82, 2.24) is 4.90 Å². The topological polar surface area (TPSA) is 60.9 Å². The maximum Gasteiger partial charge on any atom is 0.232 e. The molecule has 2 aliphatic heterocycles. The van der Waals surface area contributed by atoms with Gasteiger partial charge in [0.1, 0.15) is 0 Å². The minimum absolute atomic E-state index is 0.0901. The molecule has 0 saturated carbocycles. The molecule has 6 nitrogen and oxygen atoms in total. The monoisotopic (exact) mass is 427 g/mol. The molecule has 4 rings (SSSR count). The third kappa shape index (κ3) is 4.23. The predicted molar refractivity (Wildman–Crippen MR) is 121 cm³/mol. The van der Waals surface area contributed by atoms with Crippen LogP contribution in [0.15, 0.2) is 42.5 Å². The molecule has 1 fully saturated rings. The van der Waals surface area contributed by atoms with Crippen molar-refractivity contribution >= 4 is 27.2 Å². The molecule has 2 heterocycles. The molecule has 0 radical (unpaired) electrons. The summed E-state index contributed by atoms with van der Waals surface area (Å²) in [6.45, 7) is 7.91. The molecule has 2 aliphatic rings. The molecule has 1 saturated heterocycles. The Hall–Kier alpha value is -2.38. The van der Waals surface area contributed by atoms with Gasteiger partial charge in [-0.1, -0.05) is 12.1 Å². The Bertz CT molecular complexity index is 1060. The lowest BCUT2D eigenvalue weighted by Gasteiger charge is -2.35. The van der Waals surface area contributed by atoms with Gasteiger partial charge in [0.25, 0.3) is 0 Å². The molecule has 7 heteroatoms. The molecule has 30 heavy (non-hydrogen) atoms. The van der Waals surface area contributed by atoms with Crippen molar-refractivity contribution in [2.45, 2.75) is 26.3 Å². The second kappa shape index (κ2) is 8.04. The van der Waals surface area contributed by atoms with Crippen molar-refractivity contribution in [2.24, 2.45) is 0 Å². The van der Waals surface area contributed by atoms with Crippen LogP contribution in [0.1, 0.15) is 28.4 Å². The van der Waals surface area contributed by atoms with Crippen molar-refractivity contribution in [3.63, 3.8) is 0 Å². The highest BCUT2D eigenvalue weighted by Gasteiger charge is 2.33. The van der Waals surface area contributed by atoms with Gasteiger partial charge in [0.15, 0.2) is 5.78 Å². The normalized spacial score (nSPS) is 19.8. The van der Waals surface area contributed by atoms with Crippen LogP contribution < -0.4 is 9.21 Å². The van der Waals surface area contributed by atoms with Crippen LogP contribution in [0.5, 0.6) is 0 Å². The van der Waals surface area contributed by atoms with E-state index in [1.54, 1.807) is 12.1 Å². The van der Waals surface area contributed by atoms with E-state index < -0.39 is 10.0 Å². The molecule has 0 amide bonds. The van der Waals surface area contributed by atoms with Crippen LogP contribution in [0.4, 0.5) is 11.4 Å². The number of carbonyl (C=O) groups excluding carboxylic acids is 1. The van der Waals surface area contributed by atoms with Crippen molar-refractivity contribution in [1.29, 1.82) is 0 Å². The summed E-state index contributed by atoms with van der Waals surface area (Å²) in [5.41, 5.74) is 4.79. The van der Waals surface area contributed by atoms with E-state index >= 15 is 0 Å². The van der Waals surface area contributed by atoms with Crippen molar-refractivity contribution in [3.8, 4) is 0 Å². The zero-order valence-corrected chi connectivity index (χ0v) is 18.7. The van der Waals surface area contributed by atoms with Gasteiger partial charge in [0.05, 0.1) is 18.5 Å². The fraction of sp³-hybridized carbons (Fsp3) is 0.435. The number of aryl methyl sites for hydroxylation is 1. The number of hydrogen-bond donors (Lipinski definition) is 0. The number of benzene rings is 2. The van der Waals surface area contributed by atoms with E-state index in [-0.39, 0.29) is 11.8 Å². The lowest BCUT2D eigenvalue weighted by atomic mass is 10.0. The van der Waals surface area contributed by atoms with Gasteiger partial charge in [-0.2, -0.15) is 0 Å². The van der Waals surface area contributed by atoms with Crippen LogP contribution in [-0.4, -0.2) is 64.1 Å². The first kappa shape index (κ1) is 20.9. The summed E-state index contributed by atoms with van der Waals surface area (Å²) >= 11 is 0. The first-order valence-electron chi connectivity index (χ1n) is 10.4. The average molecular weight is 428 g/mol. The number of ketones is 1. The van der Waals surface area contributed by atoms with Crippen LogP contribution in [0, 0.1) is 6.92 Å². The third-order valence-electron chi connectivity index (χ3n) is 6.02. The van der Waals surface area contributed by atoms with Gasteiger partial charge in [0.2, 0.25) is 10.0 Å². The second-order valence-corrected chi connectivity index (χ2v) is 10.3. The zero-order valence-electron chi connectivity index (χ0n) is 17.8. The molecule has 1 unspecified atom stereocenters. The Labute approximate surface area is 179 Å². The molecule has 0 aromatic heterocycles. The van der Waals surface area contributed by atoms with Crippen LogP contribution >= 0.6 is 0 Å². The highest BCUT2D eigenvalue weighted by molar-refractivity contribution is 7.92. The maximum absolute atomic E-state index is 12.9. The minimum atomic E-state index is -3.32. The smallest absolute Gasteiger partial charge is 0.232 e. The van der Waals surface area contributed by atoms with Crippen LogP contribution in [0.3, 0.4) is 0 Å². The average Bonchev–Trinajstić information content (AvgIpc) is 3.03. The number of fused-ring (bicyclic) bond motifs is 1. The van der Waals surface area contributed by atoms with Crippen molar-refractivity contribution in [2.75, 3.05) is 48.2 Å². The van der Waals surface area contributed by atoms with Crippen molar-refractivity contribution in [3.05, 3.63) is 59.2 Å². The van der Waals surface area contributed by atoms with E-state index in [2.05, 4.69) is 41.0 Å². The number of hydrogen-bond acceptors (Lipinski definition) is 5. The van der Waals surface area contributed by atoms with E-state index in [9.17, 15) is 13.2 Å². The van der Waals surface area contributed by atoms with E-state index in [1.165, 1.54) is 21.8 Å². The largest absolute Gasteiger partial charge is 0.369 e. The van der Waals surface area contributed by atoms with Gasteiger partial charge in [-0.05, 0) is 61.7 Å². The number of rotatable bonds is 5. The summed E-state index contributed by atoms with van der Waals surface area (Å²) in [7, 11) is -3.32. The highest BCUT2D eigenvalue weighted by atomic mass is 32.2. The molecule has 2 aromatic rings. The Morgan fingerprint density at radius 3 is 2.47 bits per heavy atom. The molecule has 0 spiro atoms.